The Balaban J connectivity index is 1.60. The Morgan fingerprint density at radius 2 is 1.82 bits per heavy atom. The van der Waals surface area contributed by atoms with E-state index in [4.69, 9.17) is 33.0 Å². The number of carbonyl (C=O) groups is 3. The lowest BCUT2D eigenvalue weighted by molar-refractivity contribution is -0.139. The molecule has 0 aromatic heterocycles. The lowest BCUT2D eigenvalue weighted by Crippen LogP contribution is -2.43. The zero-order valence-corrected chi connectivity index (χ0v) is 20.8. The van der Waals surface area contributed by atoms with Gasteiger partial charge in [-0.05, 0) is 42.7 Å². The fraction of sp³-hybridized carbons (Fsp3) is 0.292. The third kappa shape index (κ3) is 6.68. The molecule has 0 aliphatic carbocycles. The van der Waals surface area contributed by atoms with Crippen LogP contribution in [0.2, 0.25) is 10.0 Å². The molecule has 1 heterocycles. The number of piperidine rings is 1. The van der Waals surface area contributed by atoms with E-state index in [1.807, 2.05) is 30.3 Å². The molecule has 2 aromatic carbocycles. The Morgan fingerprint density at radius 1 is 1.12 bits per heavy atom. The molecule has 34 heavy (non-hydrogen) atoms. The molecule has 0 saturated carbocycles. The van der Waals surface area contributed by atoms with Crippen molar-refractivity contribution in [1.29, 1.82) is 0 Å². The zero-order valence-electron chi connectivity index (χ0n) is 18.4. The summed E-state index contributed by atoms with van der Waals surface area (Å²) in [7, 11) is 1.61. The Kier molecular flexibility index (Phi) is 9.27. The summed E-state index contributed by atoms with van der Waals surface area (Å²) in [6.45, 7) is 0.425. The number of para-hydroxylation sites is 1. The van der Waals surface area contributed by atoms with E-state index in [9.17, 15) is 14.4 Å². The minimum atomic E-state index is -1.09. The molecule has 2 N–H and O–H groups in total. The molecule has 3 rings (SSSR count). The molecule has 0 radical (unpaired) electrons. The second kappa shape index (κ2) is 12.1. The van der Waals surface area contributed by atoms with E-state index in [1.54, 1.807) is 24.2 Å². The third-order valence-corrected chi connectivity index (χ3v) is 7.49. The van der Waals surface area contributed by atoms with Crippen LogP contribution in [0.15, 0.2) is 52.3 Å². The maximum absolute atomic E-state index is 12.6. The number of carboxylic acids is 1. The second-order valence-corrected chi connectivity index (χ2v) is 9.42. The quantitative estimate of drug-likeness (QED) is 0.491. The lowest BCUT2D eigenvalue weighted by Gasteiger charge is -2.30. The molecule has 0 atom stereocenters. The molecule has 1 saturated heterocycles. The molecule has 10 heteroatoms. The van der Waals surface area contributed by atoms with Gasteiger partial charge in [-0.1, -0.05) is 53.2 Å². The van der Waals surface area contributed by atoms with Crippen molar-refractivity contribution in [3.63, 3.8) is 0 Å². The molecule has 2 amide bonds. The highest BCUT2D eigenvalue weighted by Gasteiger charge is 2.26. The van der Waals surface area contributed by atoms with Gasteiger partial charge in [-0.3, -0.25) is 14.4 Å². The Bertz CT molecular complexity index is 1100. The molecule has 7 nitrogen and oxygen atoms in total. The van der Waals surface area contributed by atoms with Gasteiger partial charge < -0.3 is 20.1 Å². The number of methoxy groups -OCH3 is 1. The van der Waals surface area contributed by atoms with Crippen molar-refractivity contribution < 1.29 is 24.2 Å². The van der Waals surface area contributed by atoms with Crippen molar-refractivity contribution >= 4 is 58.8 Å². The highest BCUT2D eigenvalue weighted by Crippen LogP contribution is 2.42. The van der Waals surface area contributed by atoms with Crippen molar-refractivity contribution in [3.8, 4) is 5.75 Å². The number of hydrogen-bond donors (Lipinski definition) is 2. The van der Waals surface area contributed by atoms with Gasteiger partial charge in [0.15, 0.2) is 0 Å². The van der Waals surface area contributed by atoms with Gasteiger partial charge >= 0.3 is 5.97 Å². The first-order valence-corrected chi connectivity index (χ1v) is 12.1. The molecule has 1 fully saturated rings. The van der Waals surface area contributed by atoms with Crippen molar-refractivity contribution in [3.05, 3.63) is 58.1 Å². The number of benzene rings is 2. The minimum absolute atomic E-state index is 0.191. The SMILES string of the molecule is COc1ccccc1Sc1ccc(/C=C/C(=O)N2CCC(C(=O)NCC(=O)O)CC2)c(Cl)c1Cl. The van der Waals surface area contributed by atoms with E-state index in [-0.39, 0.29) is 17.7 Å². The van der Waals surface area contributed by atoms with Crippen LogP contribution in [0.5, 0.6) is 5.75 Å². The van der Waals surface area contributed by atoms with E-state index in [1.165, 1.54) is 17.8 Å². The highest BCUT2D eigenvalue weighted by atomic mass is 35.5. The standard InChI is InChI=1S/C24H24Cl2N2O5S/c1-33-17-4-2-3-5-18(17)34-19-8-6-15(22(25)23(19)26)7-9-20(29)28-12-10-16(11-13-28)24(32)27-14-21(30)31/h2-9,16H,10-14H2,1H3,(H,27,32)(H,30,31)/b9-7+. The van der Waals surface area contributed by atoms with Crippen LogP contribution >= 0.6 is 35.0 Å². The van der Waals surface area contributed by atoms with Crippen LogP contribution in [-0.4, -0.2) is 54.5 Å². The fourth-order valence-electron chi connectivity index (χ4n) is 3.51. The number of carbonyl (C=O) groups excluding carboxylic acids is 2. The van der Waals surface area contributed by atoms with Crippen LogP contribution in [0.25, 0.3) is 6.08 Å². The first kappa shape index (κ1) is 25.9. The Labute approximate surface area is 212 Å². The van der Waals surface area contributed by atoms with Gasteiger partial charge in [-0.15, -0.1) is 0 Å². The maximum atomic E-state index is 12.6. The molecule has 1 aliphatic rings. The van der Waals surface area contributed by atoms with Crippen molar-refractivity contribution in [2.75, 3.05) is 26.7 Å². The van der Waals surface area contributed by atoms with Crippen LogP contribution in [-0.2, 0) is 14.4 Å². The van der Waals surface area contributed by atoms with Crippen LogP contribution in [0.4, 0.5) is 0 Å². The zero-order chi connectivity index (χ0) is 24.7. The lowest BCUT2D eigenvalue weighted by atomic mass is 9.96. The predicted molar refractivity (Wildman–Crippen MR) is 133 cm³/mol. The third-order valence-electron chi connectivity index (χ3n) is 5.36. The Morgan fingerprint density at radius 3 is 2.50 bits per heavy atom. The van der Waals surface area contributed by atoms with Gasteiger partial charge in [-0.2, -0.15) is 0 Å². The van der Waals surface area contributed by atoms with Gasteiger partial charge in [0.05, 0.1) is 22.1 Å². The van der Waals surface area contributed by atoms with E-state index in [2.05, 4.69) is 5.32 Å². The fourth-order valence-corrected chi connectivity index (χ4v) is 5.05. The number of hydrogen-bond acceptors (Lipinski definition) is 5. The molecule has 180 valence electrons. The summed E-state index contributed by atoms with van der Waals surface area (Å²) in [5, 5.41) is 11.8. The molecule has 0 bridgehead atoms. The molecule has 0 spiro atoms. The summed E-state index contributed by atoms with van der Waals surface area (Å²) in [5.74, 6) is -1.14. The number of likely N-dealkylation sites (tertiary alicyclic amines) is 1. The van der Waals surface area contributed by atoms with Crippen LogP contribution in [0.1, 0.15) is 18.4 Å². The number of carboxylic acid groups (broad SMARTS) is 1. The van der Waals surface area contributed by atoms with Crippen molar-refractivity contribution in [2.24, 2.45) is 5.92 Å². The van der Waals surface area contributed by atoms with Gasteiger partial charge in [0.25, 0.3) is 0 Å². The number of nitrogens with zero attached hydrogens (tertiary/aromatic N) is 1. The van der Waals surface area contributed by atoms with Crippen LogP contribution in [0, 0.1) is 5.92 Å². The number of aliphatic carboxylic acids is 1. The number of halogens is 2. The summed E-state index contributed by atoms with van der Waals surface area (Å²) in [4.78, 5) is 38.5. The van der Waals surface area contributed by atoms with Gasteiger partial charge in [0.1, 0.15) is 12.3 Å². The van der Waals surface area contributed by atoms with E-state index >= 15 is 0 Å². The van der Waals surface area contributed by atoms with E-state index < -0.39 is 12.5 Å². The van der Waals surface area contributed by atoms with Crippen molar-refractivity contribution in [2.45, 2.75) is 22.6 Å². The average molecular weight is 523 g/mol. The largest absolute Gasteiger partial charge is 0.496 e. The maximum Gasteiger partial charge on any atom is 0.322 e. The van der Waals surface area contributed by atoms with Gasteiger partial charge in [0.2, 0.25) is 11.8 Å². The Hall–Kier alpha value is -2.68. The van der Waals surface area contributed by atoms with E-state index in [0.717, 1.165) is 15.5 Å². The molecule has 1 aliphatic heterocycles. The number of rotatable bonds is 8. The monoisotopic (exact) mass is 522 g/mol. The van der Waals surface area contributed by atoms with Crippen LogP contribution < -0.4 is 10.1 Å². The molecular weight excluding hydrogens is 499 g/mol. The summed E-state index contributed by atoms with van der Waals surface area (Å²) >= 11 is 14.4. The van der Waals surface area contributed by atoms with E-state index in [0.29, 0.717) is 41.5 Å². The summed E-state index contributed by atoms with van der Waals surface area (Å²) in [6, 6.07) is 11.2. The molecular formula is C24H24Cl2N2O5S. The number of ether oxygens (including phenoxy) is 1. The first-order valence-electron chi connectivity index (χ1n) is 10.6. The first-order chi connectivity index (χ1) is 16.3. The highest BCUT2D eigenvalue weighted by molar-refractivity contribution is 7.99. The normalized spacial score (nSPS) is 14.3. The average Bonchev–Trinajstić information content (AvgIpc) is 2.85. The van der Waals surface area contributed by atoms with Gasteiger partial charge in [-0.25, -0.2) is 0 Å². The number of amides is 2. The number of nitrogens with one attached hydrogen (secondary N) is 1. The van der Waals surface area contributed by atoms with Gasteiger partial charge in [0, 0.05) is 30.0 Å². The van der Waals surface area contributed by atoms with Crippen molar-refractivity contribution in [1.82, 2.24) is 10.2 Å². The second-order valence-electron chi connectivity index (χ2n) is 7.58. The minimum Gasteiger partial charge on any atom is -0.496 e. The predicted octanol–water partition coefficient (Wildman–Crippen LogP) is 4.61. The summed E-state index contributed by atoms with van der Waals surface area (Å²) in [5.41, 5.74) is 0.618. The van der Waals surface area contributed by atoms with Crippen LogP contribution in [0.3, 0.4) is 0 Å². The molecule has 2 aromatic rings. The topological polar surface area (TPSA) is 95.9 Å². The smallest absolute Gasteiger partial charge is 0.322 e. The summed E-state index contributed by atoms with van der Waals surface area (Å²) < 4.78 is 5.38. The molecule has 0 unspecified atom stereocenters. The summed E-state index contributed by atoms with van der Waals surface area (Å²) in [6.07, 6.45) is 4.02.